The summed E-state index contributed by atoms with van der Waals surface area (Å²) in [5, 5.41) is 11.3. The summed E-state index contributed by atoms with van der Waals surface area (Å²) < 4.78 is 0. The number of aryl methyl sites for hydroxylation is 2. The van der Waals surface area contributed by atoms with Crippen LogP contribution in [0.1, 0.15) is 34.1 Å². The van der Waals surface area contributed by atoms with Crippen LogP contribution >= 0.6 is 22.7 Å². The van der Waals surface area contributed by atoms with Gasteiger partial charge in [-0.05, 0) is 26.7 Å². The standard InChI is InChI=1S/C18H28N6S2/c1-13-14(2)26-16(22-13)7-9-21-17(19-3)20-8-6-15-12-25-18(23-15)24-10-4-5-11-24/h12H,4-11H2,1-3H3,(H2,19,20,21). The zero-order valence-electron chi connectivity index (χ0n) is 15.8. The lowest BCUT2D eigenvalue weighted by atomic mass is 10.3. The number of hydrogen-bond donors (Lipinski definition) is 2. The van der Waals surface area contributed by atoms with E-state index < -0.39 is 0 Å². The zero-order valence-corrected chi connectivity index (χ0v) is 17.5. The van der Waals surface area contributed by atoms with Crippen LogP contribution < -0.4 is 15.5 Å². The second kappa shape index (κ2) is 9.32. The Balaban J connectivity index is 1.37. The molecule has 0 amide bonds. The minimum absolute atomic E-state index is 0.832. The predicted octanol–water partition coefficient (Wildman–Crippen LogP) is 2.77. The van der Waals surface area contributed by atoms with E-state index >= 15 is 0 Å². The fourth-order valence-corrected chi connectivity index (χ4v) is 4.78. The van der Waals surface area contributed by atoms with Crippen molar-refractivity contribution in [1.82, 2.24) is 20.6 Å². The zero-order chi connectivity index (χ0) is 18.4. The van der Waals surface area contributed by atoms with Gasteiger partial charge in [-0.15, -0.1) is 22.7 Å². The smallest absolute Gasteiger partial charge is 0.191 e. The summed E-state index contributed by atoms with van der Waals surface area (Å²) in [5.74, 6) is 0.838. The number of guanidine groups is 1. The largest absolute Gasteiger partial charge is 0.356 e. The monoisotopic (exact) mass is 392 g/mol. The minimum atomic E-state index is 0.832. The van der Waals surface area contributed by atoms with Crippen LogP contribution in [0, 0.1) is 13.8 Å². The van der Waals surface area contributed by atoms with Gasteiger partial charge in [-0.25, -0.2) is 9.97 Å². The van der Waals surface area contributed by atoms with Gasteiger partial charge in [-0.2, -0.15) is 0 Å². The van der Waals surface area contributed by atoms with Gasteiger partial charge in [0.1, 0.15) is 0 Å². The Morgan fingerprint density at radius 1 is 1.15 bits per heavy atom. The highest BCUT2D eigenvalue weighted by Crippen LogP contribution is 2.24. The first-order chi connectivity index (χ1) is 12.7. The highest BCUT2D eigenvalue weighted by molar-refractivity contribution is 7.13. The molecule has 1 fully saturated rings. The van der Waals surface area contributed by atoms with Gasteiger partial charge < -0.3 is 15.5 Å². The van der Waals surface area contributed by atoms with Crippen LogP contribution in [0.4, 0.5) is 5.13 Å². The molecule has 3 rings (SSSR count). The van der Waals surface area contributed by atoms with Gasteiger partial charge in [-0.1, -0.05) is 0 Å². The second-order valence-electron chi connectivity index (χ2n) is 6.49. The van der Waals surface area contributed by atoms with E-state index in [0.717, 1.165) is 56.4 Å². The highest BCUT2D eigenvalue weighted by Gasteiger charge is 2.15. The number of hydrogen-bond acceptors (Lipinski definition) is 6. The molecule has 8 heteroatoms. The molecule has 1 saturated heterocycles. The van der Waals surface area contributed by atoms with Crippen molar-refractivity contribution in [3.8, 4) is 0 Å². The summed E-state index contributed by atoms with van der Waals surface area (Å²) in [4.78, 5) is 17.3. The summed E-state index contributed by atoms with van der Waals surface area (Å²) in [5.41, 5.74) is 2.30. The Morgan fingerprint density at radius 3 is 2.54 bits per heavy atom. The van der Waals surface area contributed by atoms with Gasteiger partial charge in [0.05, 0.1) is 16.4 Å². The summed E-state index contributed by atoms with van der Waals surface area (Å²) in [6, 6.07) is 0. The maximum absolute atomic E-state index is 4.76. The molecule has 1 aliphatic rings. The molecule has 0 unspecified atom stereocenters. The lowest BCUT2D eigenvalue weighted by Crippen LogP contribution is -2.39. The van der Waals surface area contributed by atoms with E-state index in [-0.39, 0.29) is 0 Å². The van der Waals surface area contributed by atoms with Crippen molar-refractivity contribution in [3.63, 3.8) is 0 Å². The number of rotatable bonds is 7. The third-order valence-electron chi connectivity index (χ3n) is 4.52. The molecular formula is C18H28N6S2. The van der Waals surface area contributed by atoms with Gasteiger partial charge in [0, 0.05) is 56.3 Å². The van der Waals surface area contributed by atoms with Crippen molar-refractivity contribution in [1.29, 1.82) is 0 Å². The van der Waals surface area contributed by atoms with Crippen molar-refractivity contribution < 1.29 is 0 Å². The number of nitrogens with one attached hydrogen (secondary N) is 2. The van der Waals surface area contributed by atoms with E-state index in [1.165, 1.54) is 27.9 Å². The first kappa shape index (κ1) is 19.1. The summed E-state index contributed by atoms with van der Waals surface area (Å²) in [6.07, 6.45) is 4.42. The van der Waals surface area contributed by atoms with Crippen LogP contribution in [0.5, 0.6) is 0 Å². The van der Waals surface area contributed by atoms with Crippen molar-refractivity contribution in [2.24, 2.45) is 4.99 Å². The molecule has 0 spiro atoms. The first-order valence-electron chi connectivity index (χ1n) is 9.22. The Kier molecular flexibility index (Phi) is 6.85. The molecule has 0 aliphatic carbocycles. The van der Waals surface area contributed by atoms with Crippen LogP contribution in [0.25, 0.3) is 0 Å². The predicted molar refractivity (Wildman–Crippen MR) is 112 cm³/mol. The quantitative estimate of drug-likeness (QED) is 0.560. The molecule has 6 nitrogen and oxygen atoms in total. The summed E-state index contributed by atoms with van der Waals surface area (Å²) in [6.45, 7) is 8.16. The number of nitrogens with zero attached hydrogens (tertiary/aromatic N) is 4. The van der Waals surface area contributed by atoms with Crippen molar-refractivity contribution in [2.45, 2.75) is 39.5 Å². The molecule has 3 heterocycles. The first-order valence-corrected chi connectivity index (χ1v) is 10.9. The van der Waals surface area contributed by atoms with E-state index in [1.54, 1.807) is 29.7 Å². The average molecular weight is 393 g/mol. The maximum atomic E-state index is 4.76. The van der Waals surface area contributed by atoms with Crippen LogP contribution in [0.3, 0.4) is 0 Å². The normalized spacial score (nSPS) is 14.9. The van der Waals surface area contributed by atoms with Gasteiger partial charge in [0.25, 0.3) is 0 Å². The second-order valence-corrected chi connectivity index (χ2v) is 8.61. The molecule has 2 aromatic heterocycles. The Labute approximate surface area is 163 Å². The minimum Gasteiger partial charge on any atom is -0.356 e. The van der Waals surface area contributed by atoms with Crippen LogP contribution in [0.15, 0.2) is 10.4 Å². The van der Waals surface area contributed by atoms with E-state index in [1.807, 2.05) is 0 Å². The molecule has 0 radical (unpaired) electrons. The fraction of sp³-hybridized carbons (Fsp3) is 0.611. The van der Waals surface area contributed by atoms with E-state index in [2.05, 4.69) is 44.7 Å². The molecule has 142 valence electrons. The fourth-order valence-electron chi connectivity index (χ4n) is 2.93. The Hall–Kier alpha value is -1.67. The topological polar surface area (TPSA) is 65.4 Å². The molecule has 1 aliphatic heterocycles. The SMILES string of the molecule is CN=C(NCCc1csc(N2CCCC2)n1)NCCc1nc(C)c(C)s1. The molecule has 26 heavy (non-hydrogen) atoms. The highest BCUT2D eigenvalue weighted by atomic mass is 32.1. The average Bonchev–Trinajstić information content (AvgIpc) is 3.36. The molecule has 0 aromatic carbocycles. The molecule has 2 N–H and O–H groups in total. The van der Waals surface area contributed by atoms with Gasteiger partial charge >= 0.3 is 0 Å². The number of aliphatic imine (C=N–C) groups is 1. The number of anilines is 1. The Morgan fingerprint density at radius 2 is 1.88 bits per heavy atom. The molecule has 0 atom stereocenters. The summed E-state index contributed by atoms with van der Waals surface area (Å²) >= 11 is 3.54. The van der Waals surface area contributed by atoms with Gasteiger partial charge in [-0.3, -0.25) is 4.99 Å². The summed E-state index contributed by atoms with van der Waals surface area (Å²) in [7, 11) is 1.81. The lowest BCUT2D eigenvalue weighted by Gasteiger charge is -2.12. The van der Waals surface area contributed by atoms with Crippen molar-refractivity contribution in [2.75, 3.05) is 38.1 Å². The Bertz CT molecular complexity index is 710. The molecule has 0 saturated carbocycles. The van der Waals surface area contributed by atoms with Gasteiger partial charge in [0.2, 0.25) is 0 Å². The van der Waals surface area contributed by atoms with E-state index in [4.69, 9.17) is 4.98 Å². The van der Waals surface area contributed by atoms with Crippen LogP contribution in [-0.4, -0.2) is 49.2 Å². The van der Waals surface area contributed by atoms with Gasteiger partial charge in [0.15, 0.2) is 11.1 Å². The molecule has 2 aromatic rings. The lowest BCUT2D eigenvalue weighted by molar-refractivity contribution is 0.775. The molecular weight excluding hydrogens is 364 g/mol. The third kappa shape index (κ3) is 5.17. The van der Waals surface area contributed by atoms with Crippen molar-refractivity contribution in [3.05, 3.63) is 26.7 Å². The maximum Gasteiger partial charge on any atom is 0.191 e. The number of thiazole rings is 2. The third-order valence-corrected chi connectivity index (χ3v) is 6.60. The molecule has 0 bridgehead atoms. The number of aromatic nitrogens is 2. The van der Waals surface area contributed by atoms with Crippen molar-refractivity contribution >= 4 is 33.8 Å². The van der Waals surface area contributed by atoms with Crippen LogP contribution in [0.2, 0.25) is 0 Å². The van der Waals surface area contributed by atoms with Crippen LogP contribution in [-0.2, 0) is 12.8 Å². The van der Waals surface area contributed by atoms with E-state index in [0.29, 0.717) is 0 Å². The van der Waals surface area contributed by atoms with E-state index in [9.17, 15) is 0 Å².